The number of hydrogen-bond donors (Lipinski definition) is 2. The number of nitrogens with zero attached hydrogens (tertiary/aromatic N) is 1. The van der Waals surface area contributed by atoms with Gasteiger partial charge in [-0.3, -0.25) is 15.0 Å². The molecule has 0 aromatic carbocycles. The first-order valence-electron chi connectivity index (χ1n) is 4.90. The Morgan fingerprint density at radius 1 is 1.77 bits per heavy atom. The van der Waals surface area contributed by atoms with Crippen molar-refractivity contribution in [2.45, 2.75) is 31.3 Å². The van der Waals surface area contributed by atoms with Crippen LogP contribution >= 0.6 is 0 Å². The van der Waals surface area contributed by atoms with Gasteiger partial charge < -0.3 is 5.11 Å². The topological polar surface area (TPSA) is 52.6 Å². The van der Waals surface area contributed by atoms with Crippen molar-refractivity contribution in [3.8, 4) is 0 Å². The first kappa shape index (κ1) is 8.97. The molecule has 2 N–H and O–H groups in total. The highest BCUT2D eigenvalue weighted by Gasteiger charge is 2.48. The van der Waals surface area contributed by atoms with Gasteiger partial charge in [0.1, 0.15) is 5.54 Å². The summed E-state index contributed by atoms with van der Waals surface area (Å²) in [6.07, 6.45) is 1.80. The summed E-state index contributed by atoms with van der Waals surface area (Å²) in [7, 11) is 0. The van der Waals surface area contributed by atoms with Crippen molar-refractivity contribution in [1.29, 1.82) is 0 Å². The molecule has 0 aliphatic carbocycles. The van der Waals surface area contributed by atoms with Gasteiger partial charge in [0.15, 0.2) is 0 Å². The Hall–Kier alpha value is -0.610. The monoisotopic (exact) mass is 184 g/mol. The van der Waals surface area contributed by atoms with E-state index in [1.165, 1.54) is 0 Å². The highest BCUT2D eigenvalue weighted by atomic mass is 16.4. The number of nitrogens with one attached hydrogen (secondary N) is 1. The highest BCUT2D eigenvalue weighted by molar-refractivity contribution is 5.79. The number of likely N-dealkylation sites (N-methyl/N-ethyl adjacent to an activating group) is 1. The molecule has 2 atom stereocenters. The number of carboxylic acid groups (broad SMARTS) is 1. The number of rotatable bonds is 2. The number of hydrogen-bond acceptors (Lipinski definition) is 3. The fourth-order valence-electron chi connectivity index (χ4n) is 2.46. The van der Waals surface area contributed by atoms with Gasteiger partial charge in [-0.15, -0.1) is 0 Å². The van der Waals surface area contributed by atoms with Crippen molar-refractivity contribution in [1.82, 2.24) is 10.2 Å². The van der Waals surface area contributed by atoms with Crippen molar-refractivity contribution in [3.05, 3.63) is 0 Å². The molecule has 3 fully saturated rings. The Balaban J connectivity index is 2.18. The lowest BCUT2D eigenvalue weighted by molar-refractivity contribution is -0.151. The molecule has 0 aromatic rings. The van der Waals surface area contributed by atoms with Gasteiger partial charge in [-0.25, -0.2) is 0 Å². The van der Waals surface area contributed by atoms with Crippen molar-refractivity contribution < 1.29 is 9.90 Å². The van der Waals surface area contributed by atoms with Gasteiger partial charge >= 0.3 is 5.97 Å². The third-order valence-electron chi connectivity index (χ3n) is 3.39. The maximum Gasteiger partial charge on any atom is 0.325 e. The summed E-state index contributed by atoms with van der Waals surface area (Å²) in [5.41, 5.74) is -0.648. The van der Waals surface area contributed by atoms with Gasteiger partial charge in [0, 0.05) is 19.1 Å². The lowest BCUT2D eigenvalue weighted by atomic mass is 9.81. The Bertz CT molecular complexity index is 222. The number of aliphatic carboxylic acids is 1. The number of carboxylic acids is 1. The van der Waals surface area contributed by atoms with Crippen molar-refractivity contribution in [2.24, 2.45) is 0 Å². The molecule has 13 heavy (non-hydrogen) atoms. The first-order valence-corrected chi connectivity index (χ1v) is 4.90. The summed E-state index contributed by atoms with van der Waals surface area (Å²) in [4.78, 5) is 13.4. The second-order valence-electron chi connectivity index (χ2n) is 4.02. The number of fused-ring (bicyclic) bond motifs is 3. The molecule has 2 bridgehead atoms. The second kappa shape index (κ2) is 2.96. The van der Waals surface area contributed by atoms with Crippen LogP contribution in [0.2, 0.25) is 0 Å². The van der Waals surface area contributed by atoms with Gasteiger partial charge in [0.25, 0.3) is 0 Å². The number of piperazine rings is 1. The molecule has 0 amide bonds. The van der Waals surface area contributed by atoms with Gasteiger partial charge in [-0.1, -0.05) is 6.92 Å². The average Bonchev–Trinajstić information content (AvgIpc) is 2.19. The fraction of sp³-hybridized carbons (Fsp3) is 0.889. The molecule has 3 rings (SSSR count). The molecule has 3 aliphatic rings. The Morgan fingerprint density at radius 3 is 3.00 bits per heavy atom. The molecule has 0 radical (unpaired) electrons. The Kier molecular flexibility index (Phi) is 2.04. The van der Waals surface area contributed by atoms with E-state index < -0.39 is 11.5 Å². The third-order valence-corrected chi connectivity index (χ3v) is 3.39. The van der Waals surface area contributed by atoms with Crippen LogP contribution in [0.3, 0.4) is 0 Å². The zero-order valence-corrected chi connectivity index (χ0v) is 7.92. The van der Waals surface area contributed by atoms with Gasteiger partial charge in [0.05, 0.1) is 0 Å². The lowest BCUT2D eigenvalue weighted by Crippen LogP contribution is -2.71. The summed E-state index contributed by atoms with van der Waals surface area (Å²) >= 11 is 0. The highest BCUT2D eigenvalue weighted by Crippen LogP contribution is 2.30. The van der Waals surface area contributed by atoms with E-state index in [1.54, 1.807) is 0 Å². The van der Waals surface area contributed by atoms with E-state index in [0.29, 0.717) is 12.6 Å². The average molecular weight is 184 g/mol. The summed E-state index contributed by atoms with van der Waals surface area (Å²) < 4.78 is 0. The molecule has 0 aromatic heterocycles. The van der Waals surface area contributed by atoms with Crippen LogP contribution in [0.1, 0.15) is 19.8 Å². The van der Waals surface area contributed by atoms with E-state index >= 15 is 0 Å². The van der Waals surface area contributed by atoms with Crippen molar-refractivity contribution in [2.75, 3.05) is 19.6 Å². The van der Waals surface area contributed by atoms with E-state index in [-0.39, 0.29) is 0 Å². The maximum atomic E-state index is 11.1. The summed E-state index contributed by atoms with van der Waals surface area (Å²) in [6, 6.07) is 0.561. The lowest BCUT2D eigenvalue weighted by Gasteiger charge is -2.50. The summed E-state index contributed by atoms with van der Waals surface area (Å²) in [5, 5.41) is 12.3. The quantitative estimate of drug-likeness (QED) is 0.629. The van der Waals surface area contributed by atoms with Crippen molar-refractivity contribution in [3.63, 3.8) is 0 Å². The summed E-state index contributed by atoms with van der Waals surface area (Å²) in [5.74, 6) is -0.691. The van der Waals surface area contributed by atoms with Crippen LogP contribution in [0.5, 0.6) is 0 Å². The molecule has 3 saturated heterocycles. The number of carbonyl (C=O) groups is 1. The molecule has 2 unspecified atom stereocenters. The standard InChI is InChI=1S/C9H16N2O2/c1-2-11-6-9(8(12)13)4-3-7(11)5-10-9/h7,10H,2-6H2,1H3,(H,12,13). The Labute approximate surface area is 77.9 Å². The fourth-order valence-corrected chi connectivity index (χ4v) is 2.46. The maximum absolute atomic E-state index is 11.1. The van der Waals surface area contributed by atoms with Gasteiger partial charge in [0.2, 0.25) is 0 Å². The SMILES string of the molecule is CCN1CC2(C(=O)O)CCC1CN2. The van der Waals surface area contributed by atoms with Gasteiger partial charge in [-0.05, 0) is 19.4 Å². The van der Waals surface area contributed by atoms with E-state index in [2.05, 4.69) is 17.1 Å². The molecule has 4 nitrogen and oxygen atoms in total. The van der Waals surface area contributed by atoms with Crippen LogP contribution in [0.15, 0.2) is 0 Å². The van der Waals surface area contributed by atoms with E-state index in [9.17, 15) is 4.79 Å². The van der Waals surface area contributed by atoms with Gasteiger partial charge in [-0.2, -0.15) is 0 Å². The predicted octanol–water partition coefficient (Wildman–Crippen LogP) is -0.103. The van der Waals surface area contributed by atoms with E-state index in [1.807, 2.05) is 0 Å². The molecule has 0 saturated carbocycles. The molecule has 3 aliphatic heterocycles. The van der Waals surface area contributed by atoms with Crippen molar-refractivity contribution >= 4 is 5.97 Å². The first-order chi connectivity index (χ1) is 6.18. The zero-order chi connectivity index (χ0) is 9.47. The summed E-state index contributed by atoms with van der Waals surface area (Å²) in [6.45, 7) is 4.56. The molecule has 74 valence electrons. The van der Waals surface area contributed by atoms with E-state index in [0.717, 1.165) is 25.9 Å². The number of piperidine rings is 2. The minimum Gasteiger partial charge on any atom is -0.480 e. The molecule has 3 heterocycles. The van der Waals surface area contributed by atoms with Crippen LogP contribution in [-0.2, 0) is 4.79 Å². The minimum absolute atomic E-state index is 0.561. The minimum atomic E-state index is -0.691. The second-order valence-corrected chi connectivity index (χ2v) is 4.02. The van der Waals surface area contributed by atoms with Crippen LogP contribution in [0.4, 0.5) is 0 Å². The van der Waals surface area contributed by atoms with E-state index in [4.69, 9.17) is 5.11 Å². The van der Waals surface area contributed by atoms with Crippen LogP contribution < -0.4 is 5.32 Å². The molecular weight excluding hydrogens is 168 g/mol. The zero-order valence-electron chi connectivity index (χ0n) is 7.92. The third kappa shape index (κ3) is 1.25. The largest absolute Gasteiger partial charge is 0.480 e. The van der Waals surface area contributed by atoms with Crippen LogP contribution in [-0.4, -0.2) is 47.2 Å². The smallest absolute Gasteiger partial charge is 0.325 e. The predicted molar refractivity (Wildman–Crippen MR) is 48.6 cm³/mol. The molecule has 4 heteroatoms. The Morgan fingerprint density at radius 2 is 2.54 bits per heavy atom. The van der Waals surface area contributed by atoms with Crippen LogP contribution in [0, 0.1) is 0 Å². The molecule has 0 spiro atoms. The van der Waals surface area contributed by atoms with Crippen LogP contribution in [0.25, 0.3) is 0 Å². The normalized spacial score (nSPS) is 39.3. The molecular formula is C9H16N2O2.